The van der Waals surface area contributed by atoms with Crippen molar-refractivity contribution in [2.45, 2.75) is 45.6 Å². The number of hydrogen-bond donors (Lipinski definition) is 2. The fourth-order valence-corrected chi connectivity index (χ4v) is 3.64. The van der Waals surface area contributed by atoms with Crippen molar-refractivity contribution in [1.82, 2.24) is 5.32 Å². The van der Waals surface area contributed by atoms with Gasteiger partial charge in [0.1, 0.15) is 6.04 Å². The Kier molecular flexibility index (Phi) is 7.28. The minimum Gasteiger partial charge on any atom is -0.372 e. The van der Waals surface area contributed by atoms with E-state index in [2.05, 4.69) is 27.7 Å². The average Bonchev–Trinajstić information content (AvgIpc) is 2.78. The van der Waals surface area contributed by atoms with E-state index in [1.807, 2.05) is 44.2 Å². The predicted octanol–water partition coefficient (Wildman–Crippen LogP) is 4.46. The Bertz CT molecular complexity index is 799. The van der Waals surface area contributed by atoms with Gasteiger partial charge in [0.15, 0.2) is 0 Å². The minimum atomic E-state index is -0.588. The largest absolute Gasteiger partial charge is 0.372 e. The lowest BCUT2D eigenvalue weighted by atomic mass is 9.97. The van der Waals surface area contributed by atoms with E-state index >= 15 is 0 Å². The summed E-state index contributed by atoms with van der Waals surface area (Å²) in [5.74, 6) is -0.392. The third kappa shape index (κ3) is 5.59. The first-order chi connectivity index (χ1) is 14.1. The third-order valence-corrected chi connectivity index (χ3v) is 5.67. The van der Waals surface area contributed by atoms with Gasteiger partial charge < -0.3 is 15.5 Å². The molecule has 3 rings (SSSR count). The Morgan fingerprint density at radius 3 is 2.24 bits per heavy atom. The van der Waals surface area contributed by atoms with Gasteiger partial charge in [0.05, 0.1) is 0 Å². The lowest BCUT2D eigenvalue weighted by Crippen LogP contribution is -2.47. The zero-order valence-electron chi connectivity index (χ0n) is 17.4. The molecule has 29 heavy (non-hydrogen) atoms. The van der Waals surface area contributed by atoms with Crippen LogP contribution in [0.1, 0.15) is 49.9 Å². The van der Waals surface area contributed by atoms with Gasteiger partial charge in [-0.05, 0) is 61.6 Å². The zero-order chi connectivity index (χ0) is 20.6. The highest BCUT2D eigenvalue weighted by atomic mass is 16.2. The average molecular weight is 394 g/mol. The van der Waals surface area contributed by atoms with Crippen LogP contribution in [0.5, 0.6) is 0 Å². The van der Waals surface area contributed by atoms with Gasteiger partial charge in [-0.15, -0.1) is 0 Å². The van der Waals surface area contributed by atoms with Gasteiger partial charge in [-0.3, -0.25) is 9.59 Å². The second-order valence-electron chi connectivity index (χ2n) is 7.79. The minimum absolute atomic E-state index is 0.0234. The summed E-state index contributed by atoms with van der Waals surface area (Å²) < 4.78 is 0. The molecule has 1 fully saturated rings. The summed E-state index contributed by atoms with van der Waals surface area (Å²) in [5, 5.41) is 5.88. The topological polar surface area (TPSA) is 61.4 Å². The molecule has 1 saturated heterocycles. The molecule has 5 heteroatoms. The van der Waals surface area contributed by atoms with Crippen molar-refractivity contribution >= 4 is 23.2 Å². The van der Waals surface area contributed by atoms with Gasteiger partial charge >= 0.3 is 0 Å². The van der Waals surface area contributed by atoms with Gasteiger partial charge in [0, 0.05) is 30.0 Å². The molecule has 2 amide bonds. The highest BCUT2D eigenvalue weighted by Gasteiger charge is 2.26. The van der Waals surface area contributed by atoms with Crippen LogP contribution in [-0.4, -0.2) is 30.9 Å². The number of benzene rings is 2. The van der Waals surface area contributed by atoms with Crippen LogP contribution in [0, 0.1) is 5.92 Å². The highest BCUT2D eigenvalue weighted by Crippen LogP contribution is 2.22. The quantitative estimate of drug-likeness (QED) is 0.730. The number of nitrogens with one attached hydrogen (secondary N) is 2. The van der Waals surface area contributed by atoms with Crippen molar-refractivity contribution in [1.29, 1.82) is 0 Å². The van der Waals surface area contributed by atoms with Crippen LogP contribution in [0.3, 0.4) is 0 Å². The van der Waals surface area contributed by atoms with Crippen molar-refractivity contribution in [3.63, 3.8) is 0 Å². The van der Waals surface area contributed by atoms with Crippen molar-refractivity contribution in [2.75, 3.05) is 23.3 Å². The van der Waals surface area contributed by atoms with Crippen LogP contribution in [0.25, 0.3) is 0 Å². The van der Waals surface area contributed by atoms with Crippen LogP contribution >= 0.6 is 0 Å². The number of carbonyl (C=O) groups excluding carboxylic acids is 2. The lowest BCUT2D eigenvalue weighted by Gasteiger charge is -2.29. The first-order valence-corrected chi connectivity index (χ1v) is 10.6. The molecule has 0 spiro atoms. The van der Waals surface area contributed by atoms with E-state index in [4.69, 9.17) is 0 Å². The van der Waals surface area contributed by atoms with Crippen LogP contribution in [0.4, 0.5) is 11.4 Å². The maximum atomic E-state index is 12.9. The second kappa shape index (κ2) is 10.1. The molecule has 1 heterocycles. The molecule has 2 N–H and O–H groups in total. The number of amides is 2. The number of rotatable bonds is 7. The Hall–Kier alpha value is -2.82. The first-order valence-electron chi connectivity index (χ1n) is 10.6. The number of nitrogens with zero attached hydrogens (tertiary/aromatic N) is 1. The van der Waals surface area contributed by atoms with Crippen LogP contribution in [-0.2, 0) is 4.79 Å². The number of piperidine rings is 1. The predicted molar refractivity (Wildman–Crippen MR) is 118 cm³/mol. The molecule has 154 valence electrons. The summed E-state index contributed by atoms with van der Waals surface area (Å²) in [6.07, 6.45) is 4.56. The summed E-state index contributed by atoms with van der Waals surface area (Å²) >= 11 is 0. The van der Waals surface area contributed by atoms with E-state index in [0.717, 1.165) is 25.2 Å². The Morgan fingerprint density at radius 1 is 0.966 bits per heavy atom. The summed E-state index contributed by atoms with van der Waals surface area (Å²) in [6, 6.07) is 16.4. The SMILES string of the molecule is CC[C@H](C)[C@H](NC(=O)c1ccccc1)C(=O)Nc1ccc(N2CCCCC2)cc1. The van der Waals surface area contributed by atoms with Crippen molar-refractivity contribution < 1.29 is 9.59 Å². The van der Waals surface area contributed by atoms with E-state index < -0.39 is 6.04 Å². The smallest absolute Gasteiger partial charge is 0.251 e. The first kappa shape index (κ1) is 20.9. The Balaban J connectivity index is 1.65. The van der Waals surface area contributed by atoms with E-state index in [9.17, 15) is 9.59 Å². The van der Waals surface area contributed by atoms with Gasteiger partial charge in [-0.1, -0.05) is 38.5 Å². The molecular formula is C24H31N3O2. The Morgan fingerprint density at radius 2 is 1.62 bits per heavy atom. The van der Waals surface area contributed by atoms with E-state index in [1.165, 1.54) is 24.9 Å². The van der Waals surface area contributed by atoms with Gasteiger partial charge in [0.2, 0.25) is 5.91 Å². The van der Waals surface area contributed by atoms with Gasteiger partial charge in [0.25, 0.3) is 5.91 Å². The Labute approximate surface area is 173 Å². The van der Waals surface area contributed by atoms with Crippen molar-refractivity contribution in [3.05, 3.63) is 60.2 Å². The molecule has 0 aromatic heterocycles. The number of carbonyl (C=O) groups is 2. The number of hydrogen-bond acceptors (Lipinski definition) is 3. The number of anilines is 2. The standard InChI is InChI=1S/C24H31N3O2/c1-3-18(2)22(26-23(28)19-10-6-4-7-11-19)24(29)25-20-12-14-21(15-13-20)27-16-8-5-9-17-27/h4,6-7,10-15,18,22H,3,5,8-9,16-17H2,1-2H3,(H,25,29)(H,26,28)/t18-,22-/m0/s1. The van der Waals surface area contributed by atoms with Crippen LogP contribution in [0.2, 0.25) is 0 Å². The van der Waals surface area contributed by atoms with Crippen molar-refractivity contribution in [3.8, 4) is 0 Å². The fraction of sp³-hybridized carbons (Fsp3) is 0.417. The maximum Gasteiger partial charge on any atom is 0.251 e. The van der Waals surface area contributed by atoms with E-state index in [-0.39, 0.29) is 17.7 Å². The zero-order valence-corrected chi connectivity index (χ0v) is 17.4. The molecule has 0 bridgehead atoms. The molecule has 0 saturated carbocycles. The van der Waals surface area contributed by atoms with Gasteiger partial charge in [-0.2, -0.15) is 0 Å². The molecule has 2 atom stereocenters. The summed E-state index contributed by atoms with van der Waals surface area (Å²) in [5.41, 5.74) is 2.50. The fourth-order valence-electron chi connectivity index (χ4n) is 3.64. The molecule has 5 nitrogen and oxygen atoms in total. The second-order valence-corrected chi connectivity index (χ2v) is 7.79. The molecule has 1 aliphatic heterocycles. The maximum absolute atomic E-state index is 12.9. The molecule has 0 unspecified atom stereocenters. The third-order valence-electron chi connectivity index (χ3n) is 5.67. The molecule has 1 aliphatic rings. The summed E-state index contributed by atoms with van der Waals surface area (Å²) in [6.45, 7) is 6.18. The molecule has 0 aliphatic carbocycles. The molecular weight excluding hydrogens is 362 g/mol. The van der Waals surface area contributed by atoms with Crippen molar-refractivity contribution in [2.24, 2.45) is 5.92 Å². The van der Waals surface area contributed by atoms with Crippen LogP contribution in [0.15, 0.2) is 54.6 Å². The molecule has 2 aromatic carbocycles. The summed E-state index contributed by atoms with van der Waals surface area (Å²) in [4.78, 5) is 27.9. The van der Waals surface area contributed by atoms with Gasteiger partial charge in [-0.25, -0.2) is 0 Å². The summed E-state index contributed by atoms with van der Waals surface area (Å²) in [7, 11) is 0. The highest BCUT2D eigenvalue weighted by molar-refractivity contribution is 6.01. The monoisotopic (exact) mass is 393 g/mol. The lowest BCUT2D eigenvalue weighted by molar-refractivity contribution is -0.119. The van der Waals surface area contributed by atoms with E-state index in [0.29, 0.717) is 5.56 Å². The van der Waals surface area contributed by atoms with E-state index in [1.54, 1.807) is 12.1 Å². The molecule has 0 radical (unpaired) electrons. The molecule has 2 aromatic rings. The van der Waals surface area contributed by atoms with Crippen LogP contribution < -0.4 is 15.5 Å². The normalized spacial score (nSPS) is 16.0.